The number of ether oxygens (including phenoxy) is 1. The fraction of sp³-hybridized carbons (Fsp3) is 0.208. The molecule has 32 heavy (non-hydrogen) atoms. The number of aryl methyl sites for hydroxylation is 2. The fourth-order valence-corrected chi connectivity index (χ4v) is 5.02. The van der Waals surface area contributed by atoms with E-state index in [1.165, 1.54) is 23.5 Å². The molecule has 0 spiro atoms. The van der Waals surface area contributed by atoms with Crippen molar-refractivity contribution in [2.75, 3.05) is 28.6 Å². The second kappa shape index (κ2) is 10.0. The van der Waals surface area contributed by atoms with Crippen molar-refractivity contribution in [2.45, 2.75) is 25.7 Å². The number of anilines is 3. The predicted octanol–water partition coefficient (Wildman–Crippen LogP) is 5.34. The topological polar surface area (TPSA) is 70.7 Å². The average molecular weight is 470 g/mol. The highest BCUT2D eigenvalue weighted by molar-refractivity contribution is 7.92. The first kappa shape index (κ1) is 23.6. The highest BCUT2D eigenvalue weighted by Gasteiger charge is 2.25. The monoisotopic (exact) mass is 469 g/mol. The molecule has 0 aliphatic carbocycles. The Hall–Kier alpha value is -3.10. The number of para-hydroxylation sites is 1. The number of nitrogens with zero attached hydrogens (tertiary/aromatic N) is 1. The van der Waals surface area contributed by atoms with Gasteiger partial charge in [0, 0.05) is 12.2 Å². The van der Waals surface area contributed by atoms with E-state index in [4.69, 9.17) is 17.0 Å². The van der Waals surface area contributed by atoms with Crippen LogP contribution in [0.4, 0.5) is 17.1 Å². The molecule has 8 heteroatoms. The van der Waals surface area contributed by atoms with Gasteiger partial charge in [-0.3, -0.25) is 4.31 Å². The zero-order valence-corrected chi connectivity index (χ0v) is 20.2. The third kappa shape index (κ3) is 5.20. The molecule has 0 saturated carbocycles. The summed E-state index contributed by atoms with van der Waals surface area (Å²) in [6, 6.07) is 19.7. The average Bonchev–Trinajstić information content (AvgIpc) is 2.77. The van der Waals surface area contributed by atoms with E-state index in [0.717, 1.165) is 16.8 Å². The number of nitrogens with one attached hydrogen (secondary N) is 2. The van der Waals surface area contributed by atoms with Gasteiger partial charge in [-0.15, -0.1) is 0 Å². The van der Waals surface area contributed by atoms with Crippen molar-refractivity contribution in [2.24, 2.45) is 0 Å². The van der Waals surface area contributed by atoms with Crippen LogP contribution in [0.1, 0.15) is 18.1 Å². The van der Waals surface area contributed by atoms with Crippen LogP contribution in [-0.2, 0) is 10.0 Å². The van der Waals surface area contributed by atoms with Crippen molar-refractivity contribution in [3.8, 4) is 5.75 Å². The van der Waals surface area contributed by atoms with E-state index >= 15 is 0 Å². The Balaban J connectivity index is 1.91. The molecule has 0 aromatic heterocycles. The van der Waals surface area contributed by atoms with Gasteiger partial charge in [-0.1, -0.05) is 30.3 Å². The van der Waals surface area contributed by atoms with Gasteiger partial charge in [0.2, 0.25) is 0 Å². The van der Waals surface area contributed by atoms with Gasteiger partial charge in [-0.2, -0.15) is 0 Å². The summed E-state index contributed by atoms with van der Waals surface area (Å²) in [5, 5.41) is 6.59. The van der Waals surface area contributed by atoms with Gasteiger partial charge >= 0.3 is 0 Å². The highest BCUT2D eigenvalue weighted by Crippen LogP contribution is 2.31. The minimum Gasteiger partial charge on any atom is -0.495 e. The van der Waals surface area contributed by atoms with Crippen LogP contribution in [0.5, 0.6) is 5.75 Å². The summed E-state index contributed by atoms with van der Waals surface area (Å²) >= 11 is 5.48. The number of sulfonamides is 1. The summed E-state index contributed by atoms with van der Waals surface area (Å²) in [5.74, 6) is 0.483. The molecule has 6 nitrogen and oxygen atoms in total. The summed E-state index contributed by atoms with van der Waals surface area (Å²) in [6.45, 7) is 6.09. The Labute approximate surface area is 195 Å². The molecule has 0 bridgehead atoms. The van der Waals surface area contributed by atoms with Crippen molar-refractivity contribution in [3.63, 3.8) is 0 Å². The van der Waals surface area contributed by atoms with Crippen molar-refractivity contribution in [3.05, 3.63) is 77.9 Å². The minimum atomic E-state index is -3.78. The normalized spacial score (nSPS) is 11.0. The molecule has 0 aliphatic rings. The van der Waals surface area contributed by atoms with Crippen molar-refractivity contribution in [1.82, 2.24) is 0 Å². The van der Waals surface area contributed by atoms with E-state index in [2.05, 4.69) is 10.6 Å². The summed E-state index contributed by atoms with van der Waals surface area (Å²) in [7, 11) is -2.26. The van der Waals surface area contributed by atoms with Crippen molar-refractivity contribution < 1.29 is 13.2 Å². The van der Waals surface area contributed by atoms with Crippen LogP contribution in [0.2, 0.25) is 0 Å². The molecule has 0 saturated heterocycles. The maximum absolute atomic E-state index is 13.4. The number of benzene rings is 3. The van der Waals surface area contributed by atoms with Crippen LogP contribution >= 0.6 is 12.2 Å². The van der Waals surface area contributed by atoms with Gasteiger partial charge in [-0.25, -0.2) is 8.42 Å². The summed E-state index contributed by atoms with van der Waals surface area (Å²) in [6.07, 6.45) is 0. The Morgan fingerprint density at radius 1 is 0.969 bits per heavy atom. The predicted molar refractivity (Wildman–Crippen MR) is 135 cm³/mol. The van der Waals surface area contributed by atoms with Crippen LogP contribution in [0.25, 0.3) is 0 Å². The van der Waals surface area contributed by atoms with E-state index in [0.29, 0.717) is 28.8 Å². The van der Waals surface area contributed by atoms with Gasteiger partial charge in [-0.05, 0) is 80.5 Å². The Bertz CT molecular complexity index is 1210. The number of hydrogen-bond acceptors (Lipinski definition) is 4. The second-order valence-electron chi connectivity index (χ2n) is 7.26. The molecule has 0 radical (unpaired) electrons. The maximum atomic E-state index is 13.4. The second-order valence-corrected chi connectivity index (χ2v) is 9.54. The molecular formula is C24H27N3O3S2. The molecule has 0 amide bonds. The number of hydrogen-bond donors (Lipinski definition) is 2. The molecule has 0 aliphatic heterocycles. The van der Waals surface area contributed by atoms with Gasteiger partial charge < -0.3 is 15.4 Å². The third-order valence-electron chi connectivity index (χ3n) is 4.98. The fourth-order valence-electron chi connectivity index (χ4n) is 3.30. The minimum absolute atomic E-state index is 0.140. The smallest absolute Gasteiger partial charge is 0.264 e. The Morgan fingerprint density at radius 3 is 2.31 bits per heavy atom. The molecule has 3 aromatic carbocycles. The molecule has 0 fully saturated rings. The van der Waals surface area contributed by atoms with Crippen molar-refractivity contribution >= 4 is 44.4 Å². The molecule has 0 heterocycles. The Morgan fingerprint density at radius 2 is 1.66 bits per heavy atom. The summed E-state index contributed by atoms with van der Waals surface area (Å²) in [4.78, 5) is 0.140. The maximum Gasteiger partial charge on any atom is 0.264 e. The lowest BCUT2D eigenvalue weighted by molar-refractivity contribution is 0.416. The first-order valence-electron chi connectivity index (χ1n) is 10.2. The van der Waals surface area contributed by atoms with Gasteiger partial charge in [0.15, 0.2) is 5.11 Å². The van der Waals surface area contributed by atoms with E-state index in [1.54, 1.807) is 25.1 Å². The quantitative estimate of drug-likeness (QED) is 0.456. The number of thiocarbonyl (C=S) groups is 1. The van der Waals surface area contributed by atoms with E-state index in [9.17, 15) is 8.42 Å². The summed E-state index contributed by atoms with van der Waals surface area (Å²) in [5.41, 5.74) is 4.09. The van der Waals surface area contributed by atoms with Crippen LogP contribution in [0.15, 0.2) is 71.6 Å². The lowest BCUT2D eigenvalue weighted by Gasteiger charge is -2.23. The lowest BCUT2D eigenvalue weighted by Crippen LogP contribution is -2.30. The lowest BCUT2D eigenvalue weighted by atomic mass is 10.1. The molecule has 3 aromatic rings. The molecule has 2 N–H and O–H groups in total. The standard InChI is InChI=1S/C24H27N3O3S2/c1-5-27(19-9-7-6-8-10-19)32(28,29)20-13-14-23(30-4)22(16-20)26-24(31)25-21-15-17(2)11-12-18(21)3/h6-16H,5H2,1-4H3,(H2,25,26,31). The van der Waals surface area contributed by atoms with Crippen LogP contribution < -0.4 is 19.7 Å². The molecular weight excluding hydrogens is 442 g/mol. The Kier molecular flexibility index (Phi) is 7.37. The highest BCUT2D eigenvalue weighted by atomic mass is 32.2. The van der Waals surface area contributed by atoms with E-state index < -0.39 is 10.0 Å². The zero-order valence-electron chi connectivity index (χ0n) is 18.5. The first-order valence-corrected chi connectivity index (χ1v) is 12.0. The van der Waals surface area contributed by atoms with Gasteiger partial charge in [0.25, 0.3) is 10.0 Å². The molecule has 3 rings (SSSR count). The SMILES string of the molecule is CCN(c1ccccc1)S(=O)(=O)c1ccc(OC)c(NC(=S)Nc2cc(C)ccc2C)c1. The third-order valence-corrected chi connectivity index (χ3v) is 7.08. The van der Waals surface area contributed by atoms with Crippen LogP contribution in [0, 0.1) is 13.8 Å². The van der Waals surface area contributed by atoms with Gasteiger partial charge in [0.1, 0.15) is 5.75 Å². The number of rotatable bonds is 7. The summed E-state index contributed by atoms with van der Waals surface area (Å²) < 4.78 is 33.6. The van der Waals surface area contributed by atoms with E-state index in [1.807, 2.05) is 50.2 Å². The van der Waals surface area contributed by atoms with Crippen LogP contribution in [-0.4, -0.2) is 27.2 Å². The van der Waals surface area contributed by atoms with Crippen molar-refractivity contribution in [1.29, 1.82) is 0 Å². The van der Waals surface area contributed by atoms with E-state index in [-0.39, 0.29) is 4.90 Å². The number of methoxy groups -OCH3 is 1. The molecule has 0 atom stereocenters. The molecule has 168 valence electrons. The molecule has 0 unspecified atom stereocenters. The van der Waals surface area contributed by atoms with Gasteiger partial charge in [0.05, 0.1) is 23.4 Å². The zero-order chi connectivity index (χ0) is 23.3. The van der Waals surface area contributed by atoms with Crippen LogP contribution in [0.3, 0.4) is 0 Å². The first-order chi connectivity index (χ1) is 15.3. The largest absolute Gasteiger partial charge is 0.495 e.